The molecular weight excluding hydrogens is 142 g/mol. The number of carbonyl (C=O) groups is 1. The van der Waals surface area contributed by atoms with Crippen molar-refractivity contribution in [3.8, 4) is 0 Å². The topological polar surface area (TPSA) is 38.7 Å². The van der Waals surface area contributed by atoms with E-state index in [1.807, 2.05) is 6.92 Å². The molecule has 0 amide bonds. The number of rotatable bonds is 4. The Morgan fingerprint density at radius 2 is 2.27 bits per heavy atom. The van der Waals surface area contributed by atoms with Crippen molar-refractivity contribution in [2.24, 2.45) is 4.99 Å². The van der Waals surface area contributed by atoms with E-state index >= 15 is 0 Å². The SMILES string of the molecule is C=C(C=NCC)C(=O)OCC. The van der Waals surface area contributed by atoms with E-state index in [2.05, 4.69) is 16.3 Å². The van der Waals surface area contributed by atoms with Gasteiger partial charge in [-0.05, 0) is 13.8 Å². The van der Waals surface area contributed by atoms with Gasteiger partial charge in [0.05, 0.1) is 12.2 Å². The molecule has 0 rings (SSSR count). The Bertz CT molecular complexity index is 173. The summed E-state index contributed by atoms with van der Waals surface area (Å²) in [6.45, 7) is 8.15. The van der Waals surface area contributed by atoms with Gasteiger partial charge >= 0.3 is 5.97 Å². The molecule has 0 fully saturated rings. The summed E-state index contributed by atoms with van der Waals surface area (Å²) in [5, 5.41) is 0. The summed E-state index contributed by atoms with van der Waals surface area (Å²) in [6.07, 6.45) is 1.43. The minimum atomic E-state index is -0.398. The van der Waals surface area contributed by atoms with Crippen LogP contribution in [-0.2, 0) is 9.53 Å². The van der Waals surface area contributed by atoms with Gasteiger partial charge < -0.3 is 4.74 Å². The van der Waals surface area contributed by atoms with Gasteiger partial charge in [-0.15, -0.1) is 0 Å². The molecule has 0 aliphatic heterocycles. The van der Waals surface area contributed by atoms with E-state index in [1.165, 1.54) is 6.21 Å². The first kappa shape index (κ1) is 9.88. The smallest absolute Gasteiger partial charge is 0.339 e. The third-order valence-electron chi connectivity index (χ3n) is 0.967. The van der Waals surface area contributed by atoms with Crippen LogP contribution in [0.2, 0.25) is 0 Å². The van der Waals surface area contributed by atoms with Gasteiger partial charge in [0, 0.05) is 12.8 Å². The van der Waals surface area contributed by atoms with Gasteiger partial charge in [-0.3, -0.25) is 4.99 Å². The summed E-state index contributed by atoms with van der Waals surface area (Å²) in [4.78, 5) is 14.7. The number of hydrogen-bond donors (Lipinski definition) is 0. The molecule has 0 aromatic carbocycles. The molecule has 0 heterocycles. The van der Waals surface area contributed by atoms with E-state index in [0.29, 0.717) is 18.7 Å². The largest absolute Gasteiger partial charge is 0.462 e. The van der Waals surface area contributed by atoms with E-state index in [1.54, 1.807) is 6.92 Å². The average Bonchev–Trinajstić information content (AvgIpc) is 2.00. The number of hydrogen-bond acceptors (Lipinski definition) is 3. The highest BCUT2D eigenvalue weighted by Gasteiger charge is 2.02. The first-order valence-corrected chi connectivity index (χ1v) is 3.58. The van der Waals surface area contributed by atoms with Crippen LogP contribution >= 0.6 is 0 Å². The lowest BCUT2D eigenvalue weighted by atomic mass is 10.3. The summed E-state index contributed by atoms with van der Waals surface area (Å²) in [5.41, 5.74) is 0.300. The van der Waals surface area contributed by atoms with Crippen molar-refractivity contribution in [2.75, 3.05) is 13.2 Å². The second-order valence-electron chi connectivity index (χ2n) is 1.87. The lowest BCUT2D eigenvalue weighted by Crippen LogP contribution is -2.07. The van der Waals surface area contributed by atoms with Crippen LogP contribution in [-0.4, -0.2) is 25.3 Å². The van der Waals surface area contributed by atoms with Crippen LogP contribution < -0.4 is 0 Å². The molecule has 3 nitrogen and oxygen atoms in total. The maximum atomic E-state index is 10.8. The maximum Gasteiger partial charge on any atom is 0.339 e. The standard InChI is InChI=1S/C8H13NO2/c1-4-9-6-7(3)8(10)11-5-2/h6H,3-5H2,1-2H3. The first-order valence-electron chi connectivity index (χ1n) is 3.58. The predicted molar refractivity (Wildman–Crippen MR) is 44.8 cm³/mol. The second kappa shape index (κ2) is 5.65. The third-order valence-corrected chi connectivity index (χ3v) is 0.967. The zero-order valence-electron chi connectivity index (χ0n) is 6.96. The first-order chi connectivity index (χ1) is 5.22. The molecule has 0 saturated heterocycles. The monoisotopic (exact) mass is 155 g/mol. The zero-order valence-corrected chi connectivity index (χ0v) is 6.96. The van der Waals surface area contributed by atoms with Crippen molar-refractivity contribution in [3.05, 3.63) is 12.2 Å². The molecule has 0 spiro atoms. The lowest BCUT2D eigenvalue weighted by Gasteiger charge is -1.98. The Balaban J connectivity index is 3.83. The molecule has 0 bridgehead atoms. The highest BCUT2D eigenvalue weighted by Crippen LogP contribution is 1.90. The summed E-state index contributed by atoms with van der Waals surface area (Å²) >= 11 is 0. The van der Waals surface area contributed by atoms with Crippen LogP contribution in [0, 0.1) is 0 Å². The quantitative estimate of drug-likeness (QED) is 0.347. The highest BCUT2D eigenvalue weighted by molar-refractivity contribution is 6.08. The van der Waals surface area contributed by atoms with Crippen LogP contribution in [0.5, 0.6) is 0 Å². The molecule has 0 atom stereocenters. The molecule has 0 saturated carbocycles. The minimum Gasteiger partial charge on any atom is -0.462 e. The molecule has 0 aromatic heterocycles. The van der Waals surface area contributed by atoms with Crippen molar-refractivity contribution >= 4 is 12.2 Å². The van der Waals surface area contributed by atoms with Crippen molar-refractivity contribution < 1.29 is 9.53 Å². The van der Waals surface area contributed by atoms with Crippen LogP contribution in [0.3, 0.4) is 0 Å². The van der Waals surface area contributed by atoms with Gasteiger partial charge in [-0.2, -0.15) is 0 Å². The van der Waals surface area contributed by atoms with E-state index < -0.39 is 5.97 Å². The maximum absolute atomic E-state index is 10.8. The fraction of sp³-hybridized carbons (Fsp3) is 0.500. The summed E-state index contributed by atoms with van der Waals surface area (Å²) in [7, 11) is 0. The Kier molecular flexibility index (Phi) is 5.07. The van der Waals surface area contributed by atoms with Crippen molar-refractivity contribution in [1.82, 2.24) is 0 Å². The van der Waals surface area contributed by atoms with E-state index in [4.69, 9.17) is 0 Å². The fourth-order valence-electron chi connectivity index (χ4n) is 0.478. The number of esters is 1. The Morgan fingerprint density at radius 3 is 2.73 bits per heavy atom. The molecule has 11 heavy (non-hydrogen) atoms. The Morgan fingerprint density at radius 1 is 1.64 bits per heavy atom. The molecular formula is C8H13NO2. The van der Waals surface area contributed by atoms with Gasteiger partial charge in [0.1, 0.15) is 0 Å². The van der Waals surface area contributed by atoms with Gasteiger partial charge in [0.25, 0.3) is 0 Å². The average molecular weight is 155 g/mol. The van der Waals surface area contributed by atoms with Crippen molar-refractivity contribution in [3.63, 3.8) is 0 Å². The van der Waals surface area contributed by atoms with Crippen LogP contribution in [0.25, 0.3) is 0 Å². The molecule has 62 valence electrons. The van der Waals surface area contributed by atoms with E-state index in [-0.39, 0.29) is 0 Å². The zero-order chi connectivity index (χ0) is 8.69. The summed E-state index contributed by atoms with van der Waals surface area (Å²) in [6, 6.07) is 0. The summed E-state index contributed by atoms with van der Waals surface area (Å²) in [5.74, 6) is -0.398. The van der Waals surface area contributed by atoms with Gasteiger partial charge in [-0.25, -0.2) is 4.79 Å². The molecule has 3 heteroatoms. The Labute approximate surface area is 66.8 Å². The van der Waals surface area contributed by atoms with E-state index in [9.17, 15) is 4.79 Å². The number of carbonyl (C=O) groups excluding carboxylic acids is 1. The number of ether oxygens (including phenoxy) is 1. The van der Waals surface area contributed by atoms with Crippen LogP contribution in [0.1, 0.15) is 13.8 Å². The fourth-order valence-corrected chi connectivity index (χ4v) is 0.478. The minimum absolute atomic E-state index is 0.300. The molecule has 0 radical (unpaired) electrons. The third kappa shape index (κ3) is 4.31. The van der Waals surface area contributed by atoms with Crippen LogP contribution in [0.15, 0.2) is 17.1 Å². The van der Waals surface area contributed by atoms with Crippen molar-refractivity contribution in [2.45, 2.75) is 13.8 Å². The molecule has 0 aliphatic rings. The highest BCUT2D eigenvalue weighted by atomic mass is 16.5. The summed E-state index contributed by atoms with van der Waals surface area (Å²) < 4.78 is 4.67. The molecule has 0 aromatic rings. The Hall–Kier alpha value is -1.12. The van der Waals surface area contributed by atoms with Gasteiger partial charge in [-0.1, -0.05) is 6.58 Å². The van der Waals surface area contributed by atoms with Crippen LogP contribution in [0.4, 0.5) is 0 Å². The lowest BCUT2D eigenvalue weighted by molar-refractivity contribution is -0.137. The predicted octanol–water partition coefficient (Wildman–Crippen LogP) is 1.20. The molecule has 0 N–H and O–H groups in total. The second-order valence-corrected chi connectivity index (χ2v) is 1.87. The van der Waals surface area contributed by atoms with E-state index in [0.717, 1.165) is 0 Å². The molecule has 0 aliphatic carbocycles. The number of nitrogens with zero attached hydrogens (tertiary/aromatic N) is 1. The normalized spacial score (nSPS) is 10.0. The number of aliphatic imine (C=N–C) groups is 1. The van der Waals surface area contributed by atoms with Crippen molar-refractivity contribution in [1.29, 1.82) is 0 Å². The molecule has 0 unspecified atom stereocenters. The van der Waals surface area contributed by atoms with Gasteiger partial charge in [0.2, 0.25) is 0 Å². The van der Waals surface area contributed by atoms with Gasteiger partial charge in [0.15, 0.2) is 0 Å².